The van der Waals surface area contributed by atoms with E-state index < -0.39 is 5.91 Å². The topological polar surface area (TPSA) is 97.8 Å². The Morgan fingerprint density at radius 1 is 1.78 bits per heavy atom. The van der Waals surface area contributed by atoms with Gasteiger partial charge in [-0.2, -0.15) is 0 Å². The summed E-state index contributed by atoms with van der Waals surface area (Å²) in [7, 11) is 0. The van der Waals surface area contributed by atoms with Gasteiger partial charge < -0.3 is 16.5 Å². The minimum absolute atomic E-state index is 0.141. The number of primary amides is 1. The summed E-state index contributed by atoms with van der Waals surface area (Å²) in [5.41, 5.74) is 10.2. The molecular formula is C4H6N4O. The molecule has 1 heterocycles. The number of imidazole rings is 1. The van der Waals surface area contributed by atoms with Gasteiger partial charge in [-0.05, 0) is 0 Å². The standard InChI is InChI=1S/C4H6N4O/c5-3-2(4(6)9)7-1-8-3/h1H,5H2,(H2,6,9)(H,7,8)/i5+1. The monoisotopic (exact) mass is 127 g/mol. The maximum absolute atomic E-state index is 10.4. The van der Waals surface area contributed by atoms with Crippen LogP contribution in [0, 0.1) is 0 Å². The first-order chi connectivity index (χ1) is 4.22. The fourth-order valence-corrected chi connectivity index (χ4v) is 0.502. The first-order valence-corrected chi connectivity index (χ1v) is 2.30. The van der Waals surface area contributed by atoms with Gasteiger partial charge in [-0.3, -0.25) is 4.79 Å². The van der Waals surface area contributed by atoms with Crippen molar-refractivity contribution in [3.8, 4) is 0 Å². The maximum Gasteiger partial charge on any atom is 0.269 e. The molecular weight excluding hydrogens is 121 g/mol. The van der Waals surface area contributed by atoms with Gasteiger partial charge in [0.05, 0.1) is 6.33 Å². The molecule has 0 saturated heterocycles. The fourth-order valence-electron chi connectivity index (χ4n) is 0.502. The van der Waals surface area contributed by atoms with Crippen LogP contribution in [0.5, 0.6) is 0 Å². The van der Waals surface area contributed by atoms with Gasteiger partial charge in [-0.1, -0.05) is 0 Å². The number of nitrogens with two attached hydrogens (primary N) is 2. The number of rotatable bonds is 1. The molecule has 0 spiro atoms. The van der Waals surface area contributed by atoms with Crippen molar-refractivity contribution >= 4 is 11.7 Å². The zero-order valence-corrected chi connectivity index (χ0v) is 4.59. The van der Waals surface area contributed by atoms with E-state index in [2.05, 4.69) is 9.97 Å². The van der Waals surface area contributed by atoms with Crippen molar-refractivity contribution in [1.29, 1.82) is 0 Å². The highest BCUT2D eigenvalue weighted by atomic mass is 16.1. The van der Waals surface area contributed by atoms with E-state index in [4.69, 9.17) is 11.5 Å². The largest absolute Gasteiger partial charge is 0.382 e. The molecule has 1 aromatic heterocycles. The van der Waals surface area contributed by atoms with Crippen LogP contribution in [0.3, 0.4) is 0 Å². The molecule has 0 atom stereocenters. The summed E-state index contributed by atoms with van der Waals surface area (Å²) >= 11 is 0. The van der Waals surface area contributed by atoms with Crippen molar-refractivity contribution in [2.75, 3.05) is 5.73 Å². The lowest BCUT2D eigenvalue weighted by molar-refractivity contribution is 0.0997. The van der Waals surface area contributed by atoms with E-state index >= 15 is 0 Å². The van der Waals surface area contributed by atoms with E-state index in [1.807, 2.05) is 0 Å². The number of amides is 1. The van der Waals surface area contributed by atoms with E-state index in [1.54, 1.807) is 0 Å². The van der Waals surface area contributed by atoms with Crippen molar-refractivity contribution in [1.82, 2.24) is 9.97 Å². The lowest BCUT2D eigenvalue weighted by Gasteiger charge is -1.87. The molecule has 0 aliphatic heterocycles. The van der Waals surface area contributed by atoms with Crippen LogP contribution in [0.15, 0.2) is 6.33 Å². The molecule has 0 aliphatic rings. The number of hydrogen-bond donors (Lipinski definition) is 3. The summed E-state index contributed by atoms with van der Waals surface area (Å²) in [6, 6.07) is 0. The van der Waals surface area contributed by atoms with Crippen LogP contribution in [-0.4, -0.2) is 15.9 Å². The summed E-state index contributed by atoms with van der Waals surface area (Å²) in [5.74, 6) is -0.451. The van der Waals surface area contributed by atoms with Crippen LogP contribution in [0.25, 0.3) is 0 Å². The number of nitrogen functional groups attached to an aromatic ring is 1. The summed E-state index contributed by atoms with van der Waals surface area (Å²) in [5, 5.41) is 0. The molecule has 0 unspecified atom stereocenters. The Labute approximate surface area is 51.1 Å². The quantitative estimate of drug-likeness (QED) is 0.426. The highest BCUT2D eigenvalue weighted by Gasteiger charge is 2.05. The minimum Gasteiger partial charge on any atom is -0.382 e. The summed E-state index contributed by atoms with van der Waals surface area (Å²) in [6.07, 6.45) is 1.31. The number of aromatic amines is 1. The molecule has 1 amide bonds. The van der Waals surface area contributed by atoms with Gasteiger partial charge in [-0.15, -0.1) is 0 Å². The van der Waals surface area contributed by atoms with E-state index in [-0.39, 0.29) is 11.5 Å². The molecule has 0 aliphatic carbocycles. The molecule has 0 saturated carbocycles. The molecule has 0 aromatic carbocycles. The number of anilines is 1. The van der Waals surface area contributed by atoms with Gasteiger partial charge in [-0.25, -0.2) is 4.98 Å². The fraction of sp³-hybridized carbons (Fsp3) is 0. The molecule has 1 rings (SSSR count). The SMILES string of the molecule is NC(=O)c1[nH]cnc1[15NH2]. The molecule has 5 nitrogen and oxygen atoms in total. The second-order valence-electron chi connectivity index (χ2n) is 1.53. The van der Waals surface area contributed by atoms with Gasteiger partial charge in [0.25, 0.3) is 5.91 Å². The van der Waals surface area contributed by atoms with Crippen molar-refractivity contribution < 1.29 is 4.79 Å². The van der Waals surface area contributed by atoms with Crippen molar-refractivity contribution in [3.63, 3.8) is 0 Å². The molecule has 1 aromatic rings. The Morgan fingerprint density at radius 3 is 2.67 bits per heavy atom. The van der Waals surface area contributed by atoms with Gasteiger partial charge >= 0.3 is 0 Å². The number of H-pyrrole nitrogens is 1. The van der Waals surface area contributed by atoms with E-state index in [1.165, 1.54) is 6.33 Å². The number of nitrogens with zero attached hydrogens (tertiary/aromatic N) is 1. The normalized spacial score (nSPS) is 9.33. The summed E-state index contributed by atoms with van der Waals surface area (Å²) < 4.78 is 0. The molecule has 5 N–H and O–H groups in total. The highest BCUT2D eigenvalue weighted by molar-refractivity contribution is 5.94. The number of aromatic nitrogens is 2. The molecule has 0 radical (unpaired) electrons. The van der Waals surface area contributed by atoms with Crippen LogP contribution in [-0.2, 0) is 0 Å². The van der Waals surface area contributed by atoms with Gasteiger partial charge in [0.1, 0.15) is 5.69 Å². The second kappa shape index (κ2) is 1.77. The van der Waals surface area contributed by atoms with Crippen molar-refractivity contribution in [2.24, 2.45) is 5.73 Å². The lowest BCUT2D eigenvalue weighted by Crippen LogP contribution is -2.13. The van der Waals surface area contributed by atoms with Crippen LogP contribution in [0.2, 0.25) is 0 Å². The number of carbonyl (C=O) groups excluding carboxylic acids is 1. The Kier molecular flexibility index (Phi) is 1.11. The summed E-state index contributed by atoms with van der Waals surface area (Å²) in [6.45, 7) is 0. The number of carbonyl (C=O) groups is 1. The average Bonchev–Trinajstić information content (AvgIpc) is 2.13. The smallest absolute Gasteiger partial charge is 0.269 e. The molecule has 48 valence electrons. The van der Waals surface area contributed by atoms with Gasteiger partial charge in [0.2, 0.25) is 0 Å². The maximum atomic E-state index is 10.4. The van der Waals surface area contributed by atoms with E-state index in [0.29, 0.717) is 0 Å². The third-order valence-corrected chi connectivity index (χ3v) is 0.915. The van der Waals surface area contributed by atoms with Crippen LogP contribution in [0.1, 0.15) is 10.5 Å². The summed E-state index contributed by atoms with van der Waals surface area (Å²) in [4.78, 5) is 16.4. The number of nitrogens with one attached hydrogen (secondary N) is 1. The number of hydrogen-bond acceptors (Lipinski definition) is 3. The third-order valence-electron chi connectivity index (χ3n) is 0.915. The Hall–Kier alpha value is -1.52. The van der Waals surface area contributed by atoms with Crippen LogP contribution in [0.4, 0.5) is 5.82 Å². The molecule has 0 bridgehead atoms. The minimum atomic E-state index is -0.593. The van der Waals surface area contributed by atoms with Crippen LogP contribution < -0.4 is 11.5 Å². The predicted octanol–water partition coefficient (Wildman–Crippen LogP) is -0.909. The van der Waals surface area contributed by atoms with E-state index in [9.17, 15) is 4.79 Å². The predicted molar refractivity (Wildman–Crippen MR) is 31.5 cm³/mol. The Bertz CT molecular complexity index is 228. The van der Waals surface area contributed by atoms with Crippen LogP contribution >= 0.6 is 0 Å². The zero-order valence-electron chi connectivity index (χ0n) is 4.59. The Balaban J connectivity index is 3.08. The van der Waals surface area contributed by atoms with Crippen molar-refractivity contribution in [3.05, 3.63) is 12.0 Å². The first kappa shape index (κ1) is 5.61. The van der Waals surface area contributed by atoms with Gasteiger partial charge in [0.15, 0.2) is 5.82 Å². The zero-order chi connectivity index (χ0) is 6.85. The molecule has 0 fully saturated rings. The molecule has 9 heavy (non-hydrogen) atoms. The second-order valence-corrected chi connectivity index (χ2v) is 1.53. The van der Waals surface area contributed by atoms with E-state index in [0.717, 1.165) is 0 Å². The highest BCUT2D eigenvalue weighted by Crippen LogP contribution is 2.00. The average molecular weight is 127 g/mol. The first-order valence-electron chi connectivity index (χ1n) is 2.30. The lowest BCUT2D eigenvalue weighted by atomic mass is 10.4. The third kappa shape index (κ3) is 0.835. The van der Waals surface area contributed by atoms with Gasteiger partial charge in [0, 0.05) is 0 Å². The molecule has 5 heteroatoms. The Morgan fingerprint density at radius 2 is 2.44 bits per heavy atom. The van der Waals surface area contributed by atoms with Crippen molar-refractivity contribution in [2.45, 2.75) is 0 Å².